The van der Waals surface area contributed by atoms with E-state index in [1.54, 1.807) is 6.92 Å². The second-order valence-corrected chi connectivity index (χ2v) is 6.97. The number of amides is 1. The van der Waals surface area contributed by atoms with Gasteiger partial charge in [0, 0.05) is 17.0 Å². The van der Waals surface area contributed by atoms with E-state index in [1.165, 1.54) is 5.56 Å². The molecule has 1 aliphatic carbocycles. The number of rotatable bonds is 5. The van der Waals surface area contributed by atoms with E-state index >= 15 is 0 Å². The van der Waals surface area contributed by atoms with E-state index in [1.807, 2.05) is 54.6 Å². The first-order valence-corrected chi connectivity index (χ1v) is 8.21. The van der Waals surface area contributed by atoms with Crippen molar-refractivity contribution in [1.29, 1.82) is 0 Å². The average Bonchev–Trinajstić information content (AvgIpc) is 3.35. The Morgan fingerprint density at radius 1 is 1.17 bits per heavy atom. The van der Waals surface area contributed by atoms with E-state index in [0.29, 0.717) is 6.54 Å². The van der Waals surface area contributed by atoms with Crippen LogP contribution in [0.15, 0.2) is 54.6 Å². The maximum Gasteiger partial charge on any atom is 0.244 e. The summed E-state index contributed by atoms with van der Waals surface area (Å²) < 4.78 is 0. The molecule has 2 aromatic carbocycles. The molecule has 1 unspecified atom stereocenters. The van der Waals surface area contributed by atoms with Gasteiger partial charge in [0.25, 0.3) is 0 Å². The Balaban J connectivity index is 1.68. The number of carbonyl (C=O) groups excluding carboxylic acids is 1. The highest BCUT2D eigenvalue weighted by molar-refractivity contribution is 6.30. The minimum absolute atomic E-state index is 0.0347. The molecule has 1 atom stereocenters. The largest absolute Gasteiger partial charge is 0.353 e. The minimum atomic E-state index is -1.03. The van der Waals surface area contributed by atoms with E-state index in [9.17, 15) is 4.79 Å². The van der Waals surface area contributed by atoms with Crippen LogP contribution in [0.3, 0.4) is 0 Å². The molecule has 1 saturated carbocycles. The molecular formula is C19H21ClN2O. The van der Waals surface area contributed by atoms with E-state index < -0.39 is 5.54 Å². The van der Waals surface area contributed by atoms with Crippen LogP contribution in [0.1, 0.15) is 30.9 Å². The Kier molecular flexibility index (Phi) is 4.17. The van der Waals surface area contributed by atoms with Crippen molar-refractivity contribution in [1.82, 2.24) is 5.32 Å². The summed E-state index contributed by atoms with van der Waals surface area (Å²) in [5.74, 6) is -0.149. The minimum Gasteiger partial charge on any atom is -0.353 e. The molecule has 0 heterocycles. The standard InChI is InChI=1S/C19H21ClN2O/c1-18(21,14-5-3-2-4-6-14)17(23)22-13-19(11-12-19)15-7-9-16(20)10-8-15/h2-10H,11-13,21H2,1H3,(H,22,23). The van der Waals surface area contributed by atoms with Crippen LogP contribution in [-0.2, 0) is 15.7 Å². The maximum atomic E-state index is 12.6. The molecule has 120 valence electrons. The third kappa shape index (κ3) is 3.26. The zero-order valence-corrected chi connectivity index (χ0v) is 13.9. The lowest BCUT2D eigenvalue weighted by Gasteiger charge is -2.26. The van der Waals surface area contributed by atoms with Gasteiger partial charge >= 0.3 is 0 Å². The lowest BCUT2D eigenvalue weighted by molar-refractivity contribution is -0.126. The average molecular weight is 329 g/mol. The van der Waals surface area contributed by atoms with Gasteiger partial charge in [-0.15, -0.1) is 0 Å². The highest BCUT2D eigenvalue weighted by Gasteiger charge is 2.45. The lowest BCUT2D eigenvalue weighted by atomic mass is 9.91. The third-order valence-corrected chi connectivity index (χ3v) is 4.99. The quantitative estimate of drug-likeness (QED) is 0.884. The maximum absolute atomic E-state index is 12.6. The van der Waals surface area contributed by atoms with Crippen molar-refractivity contribution in [2.45, 2.75) is 30.7 Å². The Morgan fingerprint density at radius 3 is 2.35 bits per heavy atom. The van der Waals surface area contributed by atoms with Crippen LogP contribution in [0.25, 0.3) is 0 Å². The summed E-state index contributed by atoms with van der Waals surface area (Å²) in [4.78, 5) is 12.6. The van der Waals surface area contributed by atoms with Crippen molar-refractivity contribution in [2.75, 3.05) is 6.54 Å². The lowest BCUT2D eigenvalue weighted by Crippen LogP contribution is -2.50. The Bertz CT molecular complexity index is 691. The van der Waals surface area contributed by atoms with E-state index in [2.05, 4.69) is 5.32 Å². The van der Waals surface area contributed by atoms with Crippen LogP contribution in [0.5, 0.6) is 0 Å². The second-order valence-electron chi connectivity index (χ2n) is 6.54. The number of benzene rings is 2. The van der Waals surface area contributed by atoms with Gasteiger partial charge in [-0.25, -0.2) is 0 Å². The normalized spacial score (nSPS) is 18.0. The van der Waals surface area contributed by atoms with Crippen LogP contribution >= 0.6 is 11.6 Å². The fourth-order valence-corrected chi connectivity index (χ4v) is 3.00. The third-order valence-electron chi connectivity index (χ3n) is 4.74. The second kappa shape index (κ2) is 5.99. The monoisotopic (exact) mass is 328 g/mol. The molecule has 3 nitrogen and oxygen atoms in total. The molecule has 1 aliphatic rings. The fourth-order valence-electron chi connectivity index (χ4n) is 2.87. The van der Waals surface area contributed by atoms with Crippen LogP contribution in [-0.4, -0.2) is 12.5 Å². The number of carbonyl (C=O) groups is 1. The van der Waals surface area contributed by atoms with Gasteiger partial charge in [0.2, 0.25) is 5.91 Å². The van der Waals surface area contributed by atoms with E-state index in [0.717, 1.165) is 23.4 Å². The summed E-state index contributed by atoms with van der Waals surface area (Å²) in [6, 6.07) is 17.3. The van der Waals surface area contributed by atoms with Crippen molar-refractivity contribution in [3.8, 4) is 0 Å². The van der Waals surface area contributed by atoms with E-state index in [4.69, 9.17) is 17.3 Å². The Labute approximate surface area is 141 Å². The molecular weight excluding hydrogens is 308 g/mol. The molecule has 23 heavy (non-hydrogen) atoms. The van der Waals surface area contributed by atoms with Crippen molar-refractivity contribution in [2.24, 2.45) is 5.73 Å². The predicted molar refractivity (Wildman–Crippen MR) is 93.4 cm³/mol. The van der Waals surface area contributed by atoms with Crippen LogP contribution in [0.2, 0.25) is 5.02 Å². The molecule has 0 radical (unpaired) electrons. The molecule has 1 fully saturated rings. The van der Waals surface area contributed by atoms with Gasteiger partial charge in [0.05, 0.1) is 0 Å². The number of halogens is 1. The smallest absolute Gasteiger partial charge is 0.244 e. The van der Waals surface area contributed by atoms with Gasteiger partial charge in [-0.3, -0.25) is 4.79 Å². The topological polar surface area (TPSA) is 55.1 Å². The molecule has 2 aromatic rings. The first kappa shape index (κ1) is 16.0. The summed E-state index contributed by atoms with van der Waals surface area (Å²) >= 11 is 5.95. The summed E-state index contributed by atoms with van der Waals surface area (Å²) in [5, 5.41) is 3.77. The predicted octanol–water partition coefficient (Wildman–Crippen LogP) is 3.36. The van der Waals surface area contributed by atoms with Crippen LogP contribution in [0, 0.1) is 0 Å². The summed E-state index contributed by atoms with van der Waals surface area (Å²) in [7, 11) is 0. The van der Waals surface area contributed by atoms with E-state index in [-0.39, 0.29) is 11.3 Å². The zero-order chi connectivity index (χ0) is 16.5. The first-order valence-electron chi connectivity index (χ1n) is 7.83. The fraction of sp³-hybridized carbons (Fsp3) is 0.316. The number of hydrogen-bond donors (Lipinski definition) is 2. The van der Waals surface area contributed by atoms with Gasteiger partial charge in [-0.05, 0) is 43.0 Å². The first-order chi connectivity index (χ1) is 10.9. The number of nitrogens with one attached hydrogen (secondary N) is 1. The summed E-state index contributed by atoms with van der Waals surface area (Å²) in [6.45, 7) is 2.35. The highest BCUT2D eigenvalue weighted by atomic mass is 35.5. The zero-order valence-electron chi connectivity index (χ0n) is 13.2. The van der Waals surface area contributed by atoms with Gasteiger partial charge in [-0.1, -0.05) is 54.1 Å². The number of nitrogens with two attached hydrogens (primary N) is 1. The molecule has 0 spiro atoms. The van der Waals surface area contributed by atoms with Gasteiger partial charge in [-0.2, -0.15) is 0 Å². The molecule has 3 N–H and O–H groups in total. The molecule has 3 rings (SSSR count). The number of hydrogen-bond acceptors (Lipinski definition) is 2. The van der Waals surface area contributed by atoms with Crippen molar-refractivity contribution in [3.05, 3.63) is 70.7 Å². The Hall–Kier alpha value is -1.84. The van der Waals surface area contributed by atoms with Gasteiger partial charge in [0.1, 0.15) is 5.54 Å². The van der Waals surface area contributed by atoms with Crippen molar-refractivity contribution >= 4 is 17.5 Å². The molecule has 0 aromatic heterocycles. The van der Waals surface area contributed by atoms with Crippen molar-refractivity contribution in [3.63, 3.8) is 0 Å². The SMILES string of the molecule is CC(N)(C(=O)NCC1(c2ccc(Cl)cc2)CC1)c1ccccc1. The van der Waals surface area contributed by atoms with Gasteiger partial charge < -0.3 is 11.1 Å². The van der Waals surface area contributed by atoms with Crippen molar-refractivity contribution < 1.29 is 4.79 Å². The highest BCUT2D eigenvalue weighted by Crippen LogP contribution is 2.47. The molecule has 1 amide bonds. The molecule has 0 aliphatic heterocycles. The molecule has 4 heteroatoms. The van der Waals surface area contributed by atoms with Crippen LogP contribution < -0.4 is 11.1 Å². The van der Waals surface area contributed by atoms with Gasteiger partial charge in [0.15, 0.2) is 0 Å². The summed E-state index contributed by atoms with van der Waals surface area (Å²) in [5.41, 5.74) is 7.30. The summed E-state index contributed by atoms with van der Waals surface area (Å²) in [6.07, 6.45) is 2.14. The molecule has 0 bridgehead atoms. The Morgan fingerprint density at radius 2 is 1.78 bits per heavy atom. The molecule has 0 saturated heterocycles. The van der Waals surface area contributed by atoms with Crippen LogP contribution in [0.4, 0.5) is 0 Å².